The number of rotatable bonds is 4. The highest BCUT2D eigenvalue weighted by Gasteiger charge is 2.43. The molecule has 2 amide bonds. The molecule has 2 aliphatic rings. The minimum absolute atomic E-state index is 0.0264. The maximum atomic E-state index is 14.8. The molecule has 1 aliphatic heterocycles. The number of likely N-dealkylation sites (tertiary alicyclic amines) is 1. The van der Waals surface area contributed by atoms with Gasteiger partial charge in [-0.2, -0.15) is 0 Å². The molecule has 0 aromatic carbocycles. The standard InChI is InChI=1S/C16H22FN3O3/c1-10-13(11(2)23-19-10)14(21)20-7-5-16(17,6-8-20)15(22)18-9-12-3-4-12/h12H,3-9H2,1-2H3,(H,18,22). The van der Waals surface area contributed by atoms with E-state index < -0.39 is 11.6 Å². The smallest absolute Gasteiger partial charge is 0.259 e. The average molecular weight is 323 g/mol. The lowest BCUT2D eigenvalue weighted by atomic mass is 9.91. The van der Waals surface area contributed by atoms with Gasteiger partial charge in [0.25, 0.3) is 11.8 Å². The van der Waals surface area contributed by atoms with Gasteiger partial charge in [0.1, 0.15) is 11.3 Å². The van der Waals surface area contributed by atoms with Gasteiger partial charge < -0.3 is 14.7 Å². The van der Waals surface area contributed by atoms with Crippen molar-refractivity contribution in [2.24, 2.45) is 5.92 Å². The molecular formula is C16H22FN3O3. The zero-order chi connectivity index (χ0) is 16.6. The predicted octanol–water partition coefficient (Wildman–Crippen LogP) is 1.76. The quantitative estimate of drug-likeness (QED) is 0.916. The van der Waals surface area contributed by atoms with E-state index in [4.69, 9.17) is 4.52 Å². The summed E-state index contributed by atoms with van der Waals surface area (Å²) in [6, 6.07) is 0. The van der Waals surface area contributed by atoms with Gasteiger partial charge in [0.2, 0.25) is 0 Å². The minimum atomic E-state index is -1.87. The molecule has 1 aromatic rings. The number of hydrogen-bond donors (Lipinski definition) is 1. The summed E-state index contributed by atoms with van der Waals surface area (Å²) in [5.41, 5.74) is -0.897. The monoisotopic (exact) mass is 323 g/mol. The van der Waals surface area contributed by atoms with Crippen molar-refractivity contribution in [1.29, 1.82) is 0 Å². The number of nitrogens with zero attached hydrogens (tertiary/aromatic N) is 2. The fourth-order valence-corrected chi connectivity index (χ4v) is 2.96. The molecule has 1 aliphatic carbocycles. The molecule has 2 fully saturated rings. The summed E-state index contributed by atoms with van der Waals surface area (Å²) in [7, 11) is 0. The highest BCUT2D eigenvalue weighted by atomic mass is 19.1. The molecule has 1 aromatic heterocycles. The SMILES string of the molecule is Cc1noc(C)c1C(=O)N1CCC(F)(C(=O)NCC2CC2)CC1. The molecule has 6 nitrogen and oxygen atoms in total. The Balaban J connectivity index is 1.58. The van der Waals surface area contributed by atoms with E-state index in [1.54, 1.807) is 18.7 Å². The zero-order valence-electron chi connectivity index (χ0n) is 13.5. The van der Waals surface area contributed by atoms with E-state index in [1.807, 2.05) is 0 Å². The molecule has 1 saturated carbocycles. The molecule has 7 heteroatoms. The van der Waals surface area contributed by atoms with Crippen LogP contribution < -0.4 is 5.32 Å². The van der Waals surface area contributed by atoms with Crippen LogP contribution in [-0.4, -0.2) is 47.2 Å². The first-order valence-corrected chi connectivity index (χ1v) is 8.10. The number of aryl methyl sites for hydroxylation is 2. The van der Waals surface area contributed by atoms with Crippen LogP contribution >= 0.6 is 0 Å². The summed E-state index contributed by atoms with van der Waals surface area (Å²) >= 11 is 0. The van der Waals surface area contributed by atoms with Crippen LogP contribution in [0.5, 0.6) is 0 Å². The molecule has 0 spiro atoms. The Morgan fingerprint density at radius 2 is 2.00 bits per heavy atom. The number of alkyl halides is 1. The molecular weight excluding hydrogens is 301 g/mol. The number of piperidine rings is 1. The van der Waals surface area contributed by atoms with Crippen molar-refractivity contribution in [3.8, 4) is 0 Å². The summed E-state index contributed by atoms with van der Waals surface area (Å²) < 4.78 is 19.8. The first-order chi connectivity index (χ1) is 10.9. The van der Waals surface area contributed by atoms with Crippen LogP contribution in [0.1, 0.15) is 47.5 Å². The van der Waals surface area contributed by atoms with Crippen molar-refractivity contribution >= 4 is 11.8 Å². The number of nitrogens with one attached hydrogen (secondary N) is 1. The molecule has 0 radical (unpaired) electrons. The third-order valence-corrected chi connectivity index (χ3v) is 4.75. The second kappa shape index (κ2) is 5.94. The summed E-state index contributed by atoms with van der Waals surface area (Å²) in [6.07, 6.45) is 2.27. The number of halogens is 1. The van der Waals surface area contributed by atoms with Gasteiger partial charge in [-0.1, -0.05) is 5.16 Å². The number of aromatic nitrogens is 1. The molecule has 3 rings (SSSR count). The normalized spacial score (nSPS) is 20.4. The van der Waals surface area contributed by atoms with Crippen molar-refractivity contribution in [3.05, 3.63) is 17.0 Å². The first-order valence-electron chi connectivity index (χ1n) is 8.10. The lowest BCUT2D eigenvalue weighted by Gasteiger charge is -2.35. The molecule has 23 heavy (non-hydrogen) atoms. The largest absolute Gasteiger partial charge is 0.361 e. The Labute approximate surface area is 134 Å². The Kier molecular flexibility index (Phi) is 4.12. The van der Waals surface area contributed by atoms with Gasteiger partial charge in [-0.25, -0.2) is 4.39 Å². The van der Waals surface area contributed by atoms with Crippen molar-refractivity contribution in [2.75, 3.05) is 19.6 Å². The second-order valence-electron chi connectivity index (χ2n) is 6.61. The van der Waals surface area contributed by atoms with Gasteiger partial charge in [0.15, 0.2) is 5.67 Å². The summed E-state index contributed by atoms with van der Waals surface area (Å²) in [5.74, 6) is 0.242. The van der Waals surface area contributed by atoms with E-state index >= 15 is 0 Å². The fraction of sp³-hybridized carbons (Fsp3) is 0.688. The Morgan fingerprint density at radius 3 is 2.52 bits per heavy atom. The lowest BCUT2D eigenvalue weighted by Crippen LogP contribution is -2.52. The molecule has 1 saturated heterocycles. The average Bonchev–Trinajstić information content (AvgIpc) is 3.30. The van der Waals surface area contributed by atoms with Gasteiger partial charge in [-0.15, -0.1) is 0 Å². The number of amides is 2. The minimum Gasteiger partial charge on any atom is -0.361 e. The van der Waals surface area contributed by atoms with Crippen LogP contribution in [0.4, 0.5) is 4.39 Å². The Hall–Kier alpha value is -1.92. The van der Waals surface area contributed by atoms with Crippen LogP contribution in [0, 0.1) is 19.8 Å². The number of carbonyl (C=O) groups is 2. The molecule has 0 bridgehead atoms. The maximum Gasteiger partial charge on any atom is 0.259 e. The maximum absolute atomic E-state index is 14.8. The van der Waals surface area contributed by atoms with Crippen LogP contribution in [0.3, 0.4) is 0 Å². The summed E-state index contributed by atoms with van der Waals surface area (Å²) in [5, 5.41) is 6.48. The summed E-state index contributed by atoms with van der Waals surface area (Å²) in [4.78, 5) is 26.1. The van der Waals surface area contributed by atoms with Crippen LogP contribution in [-0.2, 0) is 4.79 Å². The molecule has 126 valence electrons. The second-order valence-corrected chi connectivity index (χ2v) is 6.61. The summed E-state index contributed by atoms with van der Waals surface area (Å²) in [6.45, 7) is 4.39. The van der Waals surface area contributed by atoms with Crippen molar-refractivity contribution in [3.63, 3.8) is 0 Å². The van der Waals surface area contributed by atoms with Gasteiger partial charge in [-0.05, 0) is 32.6 Å². The van der Waals surface area contributed by atoms with Crippen LogP contribution in [0.25, 0.3) is 0 Å². The number of carbonyl (C=O) groups excluding carboxylic acids is 2. The third kappa shape index (κ3) is 3.23. The van der Waals surface area contributed by atoms with Crippen LogP contribution in [0.2, 0.25) is 0 Å². The Morgan fingerprint density at radius 1 is 1.35 bits per heavy atom. The highest BCUT2D eigenvalue weighted by Crippen LogP contribution is 2.30. The van der Waals surface area contributed by atoms with E-state index in [0.717, 1.165) is 12.8 Å². The van der Waals surface area contributed by atoms with Crippen molar-refractivity contribution in [1.82, 2.24) is 15.4 Å². The molecule has 2 heterocycles. The van der Waals surface area contributed by atoms with Crippen LogP contribution in [0.15, 0.2) is 4.52 Å². The number of hydrogen-bond acceptors (Lipinski definition) is 4. The van der Waals surface area contributed by atoms with E-state index in [0.29, 0.717) is 29.5 Å². The lowest BCUT2D eigenvalue weighted by molar-refractivity contribution is -0.135. The fourth-order valence-electron chi connectivity index (χ4n) is 2.96. The van der Waals surface area contributed by atoms with E-state index in [1.165, 1.54) is 0 Å². The van der Waals surface area contributed by atoms with Gasteiger partial charge >= 0.3 is 0 Å². The third-order valence-electron chi connectivity index (χ3n) is 4.75. The molecule has 0 unspecified atom stereocenters. The van der Waals surface area contributed by atoms with E-state index in [9.17, 15) is 14.0 Å². The molecule has 0 atom stereocenters. The van der Waals surface area contributed by atoms with Crippen molar-refractivity contribution < 1.29 is 18.5 Å². The zero-order valence-corrected chi connectivity index (χ0v) is 13.5. The van der Waals surface area contributed by atoms with E-state index in [-0.39, 0.29) is 31.8 Å². The Bertz CT molecular complexity index is 597. The van der Waals surface area contributed by atoms with Gasteiger partial charge in [0.05, 0.1) is 5.69 Å². The van der Waals surface area contributed by atoms with Gasteiger partial charge in [0, 0.05) is 32.5 Å². The molecule has 1 N–H and O–H groups in total. The highest BCUT2D eigenvalue weighted by molar-refractivity contribution is 5.96. The topological polar surface area (TPSA) is 75.4 Å². The predicted molar refractivity (Wildman–Crippen MR) is 80.7 cm³/mol. The van der Waals surface area contributed by atoms with Crippen molar-refractivity contribution in [2.45, 2.75) is 45.2 Å². The van der Waals surface area contributed by atoms with E-state index in [2.05, 4.69) is 10.5 Å². The first kappa shape index (κ1) is 16.0. The van der Waals surface area contributed by atoms with Gasteiger partial charge in [-0.3, -0.25) is 9.59 Å².